The minimum Gasteiger partial charge on any atom is -0.350 e. The van der Waals surface area contributed by atoms with Crippen molar-refractivity contribution in [3.8, 4) is 0 Å². The molecule has 0 fully saturated rings. The number of aryl methyl sites for hydroxylation is 1. The van der Waals surface area contributed by atoms with Crippen molar-refractivity contribution < 1.29 is 18.0 Å². The number of hydrogen-bond donors (Lipinski definition) is 1. The molecular weight excluding hydrogens is 605 g/mol. The Balaban J connectivity index is 2.13. The van der Waals surface area contributed by atoms with E-state index in [2.05, 4.69) is 5.32 Å². The highest BCUT2D eigenvalue weighted by Gasteiger charge is 2.35. The number of nitrogens with zero attached hydrogens (tertiary/aromatic N) is 2. The van der Waals surface area contributed by atoms with Gasteiger partial charge in [0.2, 0.25) is 11.8 Å². The fourth-order valence-corrected chi connectivity index (χ4v) is 6.27. The summed E-state index contributed by atoms with van der Waals surface area (Å²) in [5.74, 6) is -0.985. The van der Waals surface area contributed by atoms with Gasteiger partial charge in [0.25, 0.3) is 10.0 Å². The summed E-state index contributed by atoms with van der Waals surface area (Å²) in [5, 5.41) is 3.68. The maximum absolute atomic E-state index is 14.2. The van der Waals surface area contributed by atoms with Crippen molar-refractivity contribution in [1.29, 1.82) is 0 Å². The van der Waals surface area contributed by atoms with Crippen molar-refractivity contribution in [3.05, 3.63) is 92.9 Å². The summed E-state index contributed by atoms with van der Waals surface area (Å²) in [4.78, 5) is 28.9. The van der Waals surface area contributed by atoms with Crippen LogP contribution in [0.25, 0.3) is 0 Å². The number of sulfonamides is 1. The van der Waals surface area contributed by atoms with E-state index in [1.807, 2.05) is 27.7 Å². The molecule has 41 heavy (non-hydrogen) atoms. The number of benzene rings is 3. The number of amides is 2. The van der Waals surface area contributed by atoms with E-state index >= 15 is 0 Å². The summed E-state index contributed by atoms with van der Waals surface area (Å²) in [6.07, 6.45) is 0.279. The number of nitrogens with one attached hydrogen (secondary N) is 1. The Bertz CT molecular complexity index is 1510. The van der Waals surface area contributed by atoms with E-state index in [0.29, 0.717) is 10.6 Å². The second kappa shape index (κ2) is 13.5. The fourth-order valence-electron chi connectivity index (χ4n) is 4.21. The molecule has 1 unspecified atom stereocenters. The fraction of sp³-hybridized carbons (Fsp3) is 0.333. The summed E-state index contributed by atoms with van der Waals surface area (Å²) < 4.78 is 28.9. The molecule has 7 nitrogen and oxygen atoms in total. The molecule has 0 aromatic heterocycles. The van der Waals surface area contributed by atoms with E-state index in [0.717, 1.165) is 9.87 Å². The van der Waals surface area contributed by atoms with E-state index in [9.17, 15) is 18.0 Å². The van der Waals surface area contributed by atoms with Gasteiger partial charge in [0.1, 0.15) is 12.6 Å². The predicted octanol–water partition coefficient (Wildman–Crippen LogP) is 6.87. The zero-order valence-corrected chi connectivity index (χ0v) is 26.7. The Hall–Kier alpha value is -2.78. The van der Waals surface area contributed by atoms with Gasteiger partial charge in [-0.1, -0.05) is 77.6 Å². The molecule has 0 aliphatic rings. The standard InChI is InChI=1S/C30H34Cl3N3O4S/c1-6-26(29(38)34-30(3,4)5)35(18-21-9-7-8-10-24(21)32)28(37)19-36(27-17-22(31)13-16-25(27)33)41(39,40)23-14-11-20(2)12-15-23/h7-17,26H,6,18-19H2,1-5H3,(H,34,38). The van der Waals surface area contributed by atoms with Gasteiger partial charge in [-0.15, -0.1) is 0 Å². The molecule has 1 N–H and O–H groups in total. The highest BCUT2D eigenvalue weighted by Crippen LogP contribution is 2.33. The van der Waals surface area contributed by atoms with Crippen LogP contribution in [0.15, 0.2) is 71.6 Å². The molecule has 0 aliphatic carbocycles. The van der Waals surface area contributed by atoms with Crippen LogP contribution in [0.1, 0.15) is 45.2 Å². The maximum atomic E-state index is 14.2. The number of anilines is 1. The molecule has 1 atom stereocenters. The van der Waals surface area contributed by atoms with Crippen molar-refractivity contribution in [1.82, 2.24) is 10.2 Å². The lowest BCUT2D eigenvalue weighted by Crippen LogP contribution is -2.55. The monoisotopic (exact) mass is 637 g/mol. The van der Waals surface area contributed by atoms with Gasteiger partial charge in [-0.05, 0) is 76.1 Å². The Morgan fingerprint density at radius 2 is 1.56 bits per heavy atom. The van der Waals surface area contributed by atoms with Crippen LogP contribution in [-0.4, -0.2) is 43.3 Å². The molecule has 0 radical (unpaired) electrons. The lowest BCUT2D eigenvalue weighted by atomic mass is 10.1. The molecule has 220 valence electrons. The Morgan fingerprint density at radius 3 is 2.15 bits per heavy atom. The first-order valence-electron chi connectivity index (χ1n) is 13.0. The van der Waals surface area contributed by atoms with Gasteiger partial charge in [0, 0.05) is 22.1 Å². The van der Waals surface area contributed by atoms with Crippen LogP contribution < -0.4 is 9.62 Å². The number of carbonyl (C=O) groups excluding carboxylic acids is 2. The third kappa shape index (κ3) is 8.38. The first-order valence-corrected chi connectivity index (χ1v) is 15.6. The molecule has 0 saturated carbocycles. The SMILES string of the molecule is CCC(C(=O)NC(C)(C)C)N(Cc1ccccc1Cl)C(=O)CN(c1cc(Cl)ccc1Cl)S(=O)(=O)c1ccc(C)cc1. The first-order chi connectivity index (χ1) is 19.1. The van der Waals surface area contributed by atoms with Crippen LogP contribution in [0.3, 0.4) is 0 Å². The molecule has 0 bridgehead atoms. The molecule has 0 saturated heterocycles. The molecule has 0 spiro atoms. The Morgan fingerprint density at radius 1 is 0.927 bits per heavy atom. The van der Waals surface area contributed by atoms with E-state index in [1.165, 1.54) is 35.2 Å². The molecule has 0 heterocycles. The Kier molecular flexibility index (Phi) is 10.7. The second-order valence-corrected chi connectivity index (χ2v) is 13.8. The van der Waals surface area contributed by atoms with Crippen molar-refractivity contribution in [2.45, 2.75) is 64.1 Å². The normalized spacial score (nSPS) is 12.5. The van der Waals surface area contributed by atoms with Crippen LogP contribution >= 0.6 is 34.8 Å². The number of rotatable bonds is 10. The molecule has 11 heteroatoms. The third-order valence-corrected chi connectivity index (χ3v) is 8.94. The first kappa shape index (κ1) is 32.7. The topological polar surface area (TPSA) is 86.8 Å². The van der Waals surface area contributed by atoms with E-state index in [1.54, 1.807) is 43.3 Å². The van der Waals surface area contributed by atoms with E-state index in [-0.39, 0.29) is 39.5 Å². The van der Waals surface area contributed by atoms with Crippen LogP contribution in [-0.2, 0) is 26.2 Å². The molecule has 2 amide bonds. The van der Waals surface area contributed by atoms with Gasteiger partial charge in [-0.2, -0.15) is 0 Å². The lowest BCUT2D eigenvalue weighted by molar-refractivity contribution is -0.141. The predicted molar refractivity (Wildman–Crippen MR) is 166 cm³/mol. The number of carbonyl (C=O) groups is 2. The highest BCUT2D eigenvalue weighted by molar-refractivity contribution is 7.92. The van der Waals surface area contributed by atoms with Crippen LogP contribution in [0.4, 0.5) is 5.69 Å². The average Bonchev–Trinajstić information content (AvgIpc) is 2.88. The minimum absolute atomic E-state index is 0.0176. The van der Waals surface area contributed by atoms with Crippen LogP contribution in [0, 0.1) is 6.92 Å². The summed E-state index contributed by atoms with van der Waals surface area (Å²) >= 11 is 19.1. The average molecular weight is 639 g/mol. The zero-order chi connectivity index (χ0) is 30.5. The van der Waals surface area contributed by atoms with Crippen molar-refractivity contribution in [3.63, 3.8) is 0 Å². The zero-order valence-electron chi connectivity index (χ0n) is 23.6. The number of halogens is 3. The lowest BCUT2D eigenvalue weighted by Gasteiger charge is -2.35. The van der Waals surface area contributed by atoms with Crippen molar-refractivity contribution in [2.75, 3.05) is 10.8 Å². The summed E-state index contributed by atoms with van der Waals surface area (Å²) in [5.41, 5.74) is 0.962. The third-order valence-electron chi connectivity index (χ3n) is 6.25. The highest BCUT2D eigenvalue weighted by atomic mass is 35.5. The van der Waals surface area contributed by atoms with Gasteiger partial charge in [-0.25, -0.2) is 8.42 Å². The summed E-state index contributed by atoms with van der Waals surface area (Å²) in [6, 6.07) is 16.7. The molecule has 3 rings (SSSR count). The van der Waals surface area contributed by atoms with E-state index in [4.69, 9.17) is 34.8 Å². The Labute approximate surface area is 257 Å². The number of hydrogen-bond acceptors (Lipinski definition) is 4. The van der Waals surface area contributed by atoms with Gasteiger partial charge >= 0.3 is 0 Å². The molecule has 3 aromatic rings. The van der Waals surface area contributed by atoms with Crippen LogP contribution in [0.2, 0.25) is 15.1 Å². The second-order valence-electron chi connectivity index (χ2n) is 10.7. The van der Waals surface area contributed by atoms with E-state index < -0.39 is 34.1 Å². The van der Waals surface area contributed by atoms with Gasteiger partial charge in [0.05, 0.1) is 15.6 Å². The quantitative estimate of drug-likeness (QED) is 0.263. The molecule has 3 aromatic carbocycles. The van der Waals surface area contributed by atoms with Gasteiger partial charge in [0.15, 0.2) is 0 Å². The maximum Gasteiger partial charge on any atom is 0.264 e. The summed E-state index contributed by atoms with van der Waals surface area (Å²) in [7, 11) is -4.29. The van der Waals surface area contributed by atoms with Gasteiger partial charge < -0.3 is 10.2 Å². The molecule has 0 aliphatic heterocycles. The minimum atomic E-state index is -4.29. The largest absolute Gasteiger partial charge is 0.350 e. The summed E-state index contributed by atoms with van der Waals surface area (Å²) in [6.45, 7) is 8.50. The smallest absolute Gasteiger partial charge is 0.264 e. The molecular formula is C30H34Cl3N3O4S. The van der Waals surface area contributed by atoms with Crippen LogP contribution in [0.5, 0.6) is 0 Å². The van der Waals surface area contributed by atoms with Crippen molar-refractivity contribution in [2.24, 2.45) is 0 Å². The van der Waals surface area contributed by atoms with Crippen molar-refractivity contribution >= 4 is 62.3 Å². The van der Waals surface area contributed by atoms with Gasteiger partial charge in [-0.3, -0.25) is 13.9 Å².